The Labute approximate surface area is 128 Å². The highest BCUT2D eigenvalue weighted by molar-refractivity contribution is 7.10. The second-order valence-corrected chi connectivity index (χ2v) is 6.03. The third kappa shape index (κ3) is 4.11. The van der Waals surface area contributed by atoms with Crippen LogP contribution < -0.4 is 5.32 Å². The van der Waals surface area contributed by atoms with Crippen LogP contribution in [-0.4, -0.2) is 25.5 Å². The summed E-state index contributed by atoms with van der Waals surface area (Å²) in [5, 5.41) is 14.3. The lowest BCUT2D eigenvalue weighted by atomic mass is 10.1. The molecule has 0 aliphatic carbocycles. The molecule has 0 aliphatic rings. The number of nitriles is 1. The van der Waals surface area contributed by atoms with Crippen LogP contribution in [-0.2, 0) is 6.54 Å². The van der Waals surface area contributed by atoms with E-state index in [2.05, 4.69) is 41.8 Å². The van der Waals surface area contributed by atoms with Gasteiger partial charge in [0.25, 0.3) is 0 Å². The number of thiophene rings is 1. The minimum absolute atomic E-state index is 0.0942. The average molecular weight is 303 g/mol. The van der Waals surface area contributed by atoms with Crippen LogP contribution in [0.2, 0.25) is 0 Å². The van der Waals surface area contributed by atoms with Crippen LogP contribution in [0.3, 0.4) is 0 Å². The Hall–Kier alpha value is -1.74. The Morgan fingerprint density at radius 2 is 2.19 bits per heavy atom. The summed E-state index contributed by atoms with van der Waals surface area (Å²) in [4.78, 5) is 3.48. The summed E-state index contributed by atoms with van der Waals surface area (Å²) in [5.41, 5.74) is 1.01. The van der Waals surface area contributed by atoms with E-state index in [1.165, 1.54) is 10.9 Å². The van der Waals surface area contributed by atoms with Gasteiger partial charge in [-0.05, 0) is 43.2 Å². The second-order valence-electron chi connectivity index (χ2n) is 5.05. The van der Waals surface area contributed by atoms with Crippen molar-refractivity contribution in [2.24, 2.45) is 0 Å². The number of likely N-dealkylation sites (N-methyl/N-ethyl adjacent to an activating group) is 1. The molecule has 1 aromatic carbocycles. The van der Waals surface area contributed by atoms with Crippen molar-refractivity contribution < 1.29 is 4.39 Å². The maximum atomic E-state index is 13.3. The molecule has 0 fully saturated rings. The molecule has 2 aromatic rings. The highest BCUT2D eigenvalue weighted by Gasteiger charge is 2.14. The van der Waals surface area contributed by atoms with Crippen molar-refractivity contribution in [3.05, 3.63) is 57.5 Å². The second kappa shape index (κ2) is 7.32. The summed E-state index contributed by atoms with van der Waals surface area (Å²) in [6, 6.07) is 11.0. The molecule has 1 heterocycles. The zero-order chi connectivity index (χ0) is 15.2. The van der Waals surface area contributed by atoms with Gasteiger partial charge in [-0.15, -0.1) is 11.3 Å². The summed E-state index contributed by atoms with van der Waals surface area (Å²) in [5.74, 6) is -0.467. The van der Waals surface area contributed by atoms with Gasteiger partial charge in [-0.3, -0.25) is 0 Å². The zero-order valence-corrected chi connectivity index (χ0v) is 13.0. The molecule has 1 aromatic heterocycles. The minimum atomic E-state index is -0.467. The van der Waals surface area contributed by atoms with E-state index in [-0.39, 0.29) is 5.56 Å². The van der Waals surface area contributed by atoms with Crippen LogP contribution in [0.15, 0.2) is 35.7 Å². The first-order valence-electron chi connectivity index (χ1n) is 6.71. The van der Waals surface area contributed by atoms with Crippen molar-refractivity contribution in [2.45, 2.75) is 12.6 Å². The normalized spacial score (nSPS) is 12.3. The van der Waals surface area contributed by atoms with Gasteiger partial charge in [-0.2, -0.15) is 5.26 Å². The first-order valence-corrected chi connectivity index (χ1v) is 7.59. The maximum absolute atomic E-state index is 13.3. The van der Waals surface area contributed by atoms with Crippen LogP contribution in [0.5, 0.6) is 0 Å². The number of rotatable bonds is 6. The number of nitrogens with one attached hydrogen (secondary N) is 1. The molecule has 0 aliphatic heterocycles. The molecule has 0 spiro atoms. The number of hydrogen-bond acceptors (Lipinski definition) is 4. The van der Waals surface area contributed by atoms with Crippen LogP contribution in [0.25, 0.3) is 0 Å². The Kier molecular flexibility index (Phi) is 5.45. The van der Waals surface area contributed by atoms with E-state index in [0.717, 1.165) is 12.1 Å². The SMILES string of the molecule is CN(C)C(CNCc1ccc(F)c(C#N)c1)c1cccs1. The smallest absolute Gasteiger partial charge is 0.140 e. The van der Waals surface area contributed by atoms with Gasteiger partial charge in [-0.25, -0.2) is 4.39 Å². The van der Waals surface area contributed by atoms with Gasteiger partial charge in [0, 0.05) is 18.0 Å². The van der Waals surface area contributed by atoms with Crippen molar-refractivity contribution >= 4 is 11.3 Å². The molecular weight excluding hydrogens is 285 g/mol. The quantitative estimate of drug-likeness (QED) is 0.891. The topological polar surface area (TPSA) is 39.1 Å². The van der Waals surface area contributed by atoms with Gasteiger partial charge in [0.2, 0.25) is 0 Å². The fourth-order valence-electron chi connectivity index (χ4n) is 2.14. The predicted octanol–water partition coefficient (Wildman–Crippen LogP) is 3.15. The Morgan fingerprint density at radius 1 is 1.38 bits per heavy atom. The molecule has 2 rings (SSSR count). The number of hydrogen-bond donors (Lipinski definition) is 1. The Morgan fingerprint density at radius 3 is 2.81 bits per heavy atom. The molecule has 3 nitrogen and oxygen atoms in total. The lowest BCUT2D eigenvalue weighted by Crippen LogP contribution is -2.30. The van der Waals surface area contributed by atoms with Gasteiger partial charge in [0.15, 0.2) is 0 Å². The summed E-state index contributed by atoms with van der Waals surface area (Å²) in [6.07, 6.45) is 0. The average Bonchev–Trinajstić information content (AvgIpc) is 2.98. The highest BCUT2D eigenvalue weighted by Crippen LogP contribution is 2.22. The lowest BCUT2D eigenvalue weighted by molar-refractivity contribution is 0.292. The summed E-state index contributed by atoms with van der Waals surface area (Å²) in [6.45, 7) is 1.41. The molecular formula is C16H18FN3S. The van der Waals surface area contributed by atoms with Crippen molar-refractivity contribution in [1.82, 2.24) is 10.2 Å². The lowest BCUT2D eigenvalue weighted by Gasteiger charge is -2.23. The van der Waals surface area contributed by atoms with E-state index in [0.29, 0.717) is 12.6 Å². The predicted molar refractivity (Wildman–Crippen MR) is 83.6 cm³/mol. The molecule has 5 heteroatoms. The van der Waals surface area contributed by atoms with Crippen molar-refractivity contribution in [3.8, 4) is 6.07 Å². The number of halogens is 1. The van der Waals surface area contributed by atoms with Gasteiger partial charge < -0.3 is 10.2 Å². The molecule has 0 saturated carbocycles. The Bertz CT molecular complexity index is 617. The molecule has 1 atom stereocenters. The third-order valence-electron chi connectivity index (χ3n) is 3.31. The molecule has 0 bridgehead atoms. The maximum Gasteiger partial charge on any atom is 0.140 e. The van der Waals surface area contributed by atoms with Gasteiger partial charge in [-0.1, -0.05) is 12.1 Å². The van der Waals surface area contributed by atoms with E-state index in [9.17, 15) is 4.39 Å². The van der Waals surface area contributed by atoms with Crippen LogP contribution in [0.1, 0.15) is 22.0 Å². The summed E-state index contributed by atoms with van der Waals surface area (Å²) < 4.78 is 13.3. The molecule has 1 N–H and O–H groups in total. The molecule has 0 amide bonds. The molecule has 110 valence electrons. The van der Waals surface area contributed by atoms with E-state index in [4.69, 9.17) is 5.26 Å². The molecule has 0 saturated heterocycles. The highest BCUT2D eigenvalue weighted by atomic mass is 32.1. The monoisotopic (exact) mass is 303 g/mol. The third-order valence-corrected chi connectivity index (χ3v) is 4.29. The van der Waals surface area contributed by atoms with E-state index in [1.807, 2.05) is 6.07 Å². The Balaban J connectivity index is 1.95. The first-order chi connectivity index (χ1) is 10.1. The largest absolute Gasteiger partial charge is 0.311 e. The van der Waals surface area contributed by atoms with Crippen molar-refractivity contribution in [3.63, 3.8) is 0 Å². The fourth-order valence-corrected chi connectivity index (χ4v) is 3.06. The summed E-state index contributed by atoms with van der Waals surface area (Å²) >= 11 is 1.74. The first kappa shape index (κ1) is 15.6. The van der Waals surface area contributed by atoms with E-state index in [1.54, 1.807) is 23.5 Å². The molecule has 21 heavy (non-hydrogen) atoms. The standard InChI is InChI=1S/C16H18FN3S/c1-20(2)15(16-4-3-7-21-16)11-19-10-12-5-6-14(17)13(8-12)9-18/h3-8,15,19H,10-11H2,1-2H3. The van der Waals surface area contributed by atoms with Gasteiger partial charge >= 0.3 is 0 Å². The minimum Gasteiger partial charge on any atom is -0.311 e. The number of nitrogens with zero attached hydrogens (tertiary/aromatic N) is 2. The zero-order valence-electron chi connectivity index (χ0n) is 12.1. The van der Waals surface area contributed by atoms with E-state index >= 15 is 0 Å². The summed E-state index contributed by atoms with van der Waals surface area (Å²) in [7, 11) is 4.11. The van der Waals surface area contributed by atoms with Gasteiger partial charge in [0.05, 0.1) is 11.6 Å². The van der Waals surface area contributed by atoms with Crippen molar-refractivity contribution in [1.29, 1.82) is 5.26 Å². The molecule has 0 radical (unpaired) electrons. The van der Waals surface area contributed by atoms with Gasteiger partial charge in [0.1, 0.15) is 11.9 Å². The van der Waals surface area contributed by atoms with Crippen LogP contribution in [0.4, 0.5) is 4.39 Å². The fraction of sp³-hybridized carbons (Fsp3) is 0.312. The molecule has 1 unspecified atom stereocenters. The number of benzene rings is 1. The van der Waals surface area contributed by atoms with E-state index < -0.39 is 5.82 Å². The van der Waals surface area contributed by atoms with Crippen molar-refractivity contribution in [2.75, 3.05) is 20.6 Å². The van der Waals surface area contributed by atoms with Crippen LogP contribution >= 0.6 is 11.3 Å². The van der Waals surface area contributed by atoms with Crippen LogP contribution in [0, 0.1) is 17.1 Å².